The van der Waals surface area contributed by atoms with Crippen LogP contribution in [0.3, 0.4) is 0 Å². The lowest BCUT2D eigenvalue weighted by molar-refractivity contribution is -0.114. The lowest BCUT2D eigenvalue weighted by Gasteiger charge is -2.23. The molecule has 13 nitrogen and oxygen atoms in total. The standard InChI is InChI=1S/C36H43N7O6S/c1-6-8-18-47-33-31(13-11-28-27(23-39)32(25(21-37)22-38)49-36(28,4)5)50-35(34(33)48-19-9-7-2)42-41-29-12-10-26(20-30(29)40-24(3)46)43(14-16-44)15-17-45/h10-13,20,44-45H,6-9,14-19H2,1-5H3,(H,40,46)/b13-11+,42-41?. The van der Waals surface area contributed by atoms with Crippen molar-refractivity contribution in [1.29, 1.82) is 15.8 Å². The molecular formula is C36H43N7O6S. The number of carbonyl (C=O) groups excluding carboxylic acids is 1. The number of hydrogen-bond acceptors (Lipinski definition) is 13. The fraction of sp³-hybridized carbons (Fsp3) is 0.444. The molecule has 0 radical (unpaired) electrons. The number of benzene rings is 1. The summed E-state index contributed by atoms with van der Waals surface area (Å²) in [4.78, 5) is 14.5. The molecule has 0 fully saturated rings. The highest BCUT2D eigenvalue weighted by Crippen LogP contribution is 2.50. The van der Waals surface area contributed by atoms with Gasteiger partial charge in [-0.05, 0) is 51.0 Å². The SMILES string of the molecule is CCCCOc1c(/C=C/C2=C(C#N)C(=C(C#N)C#N)OC2(C)C)sc(N=Nc2ccc(N(CCO)CCO)cc2NC(C)=O)c1OCCCC. The predicted molar refractivity (Wildman–Crippen MR) is 192 cm³/mol. The fourth-order valence-corrected chi connectivity index (χ4v) is 5.85. The molecule has 1 aromatic heterocycles. The van der Waals surface area contributed by atoms with Crippen LogP contribution in [0, 0.1) is 34.0 Å². The highest BCUT2D eigenvalue weighted by Gasteiger charge is 2.38. The number of nitriles is 3. The molecule has 0 atom stereocenters. The second-order valence-corrected chi connectivity index (χ2v) is 12.7. The van der Waals surface area contributed by atoms with E-state index in [0.29, 0.717) is 57.2 Å². The molecule has 1 aliphatic heterocycles. The summed E-state index contributed by atoms with van der Waals surface area (Å²) in [6.45, 7) is 10.2. The van der Waals surface area contributed by atoms with E-state index in [1.165, 1.54) is 18.3 Å². The first kappa shape index (κ1) is 39.2. The van der Waals surface area contributed by atoms with Gasteiger partial charge in [-0.15, -0.1) is 21.6 Å². The lowest BCUT2D eigenvalue weighted by atomic mass is 9.94. The van der Waals surface area contributed by atoms with Crippen LogP contribution < -0.4 is 19.7 Å². The third-order valence-electron chi connectivity index (χ3n) is 7.43. The molecule has 2 aromatic rings. The van der Waals surface area contributed by atoms with Crippen LogP contribution >= 0.6 is 11.3 Å². The number of aliphatic hydroxyl groups is 2. The molecule has 2 heterocycles. The zero-order valence-corrected chi connectivity index (χ0v) is 29.9. The Morgan fingerprint density at radius 3 is 2.22 bits per heavy atom. The summed E-state index contributed by atoms with van der Waals surface area (Å²) in [6.07, 6.45) is 6.88. The first-order chi connectivity index (χ1) is 24.1. The van der Waals surface area contributed by atoms with Gasteiger partial charge in [-0.25, -0.2) is 0 Å². The van der Waals surface area contributed by atoms with Gasteiger partial charge in [0.25, 0.3) is 0 Å². The van der Waals surface area contributed by atoms with E-state index in [2.05, 4.69) is 35.5 Å². The molecule has 0 unspecified atom stereocenters. The van der Waals surface area contributed by atoms with Gasteiger partial charge < -0.3 is 34.6 Å². The molecular weight excluding hydrogens is 659 g/mol. The number of hydrogen-bond donors (Lipinski definition) is 3. The molecule has 1 amide bonds. The number of carbonyl (C=O) groups is 1. The van der Waals surface area contributed by atoms with Crippen LogP contribution in [0.1, 0.15) is 65.2 Å². The number of anilines is 2. The van der Waals surface area contributed by atoms with Gasteiger partial charge in [0.1, 0.15) is 35.1 Å². The first-order valence-corrected chi connectivity index (χ1v) is 17.2. The molecule has 0 bridgehead atoms. The Bertz CT molecular complexity index is 1750. The minimum absolute atomic E-state index is 0.0531. The highest BCUT2D eigenvalue weighted by atomic mass is 32.1. The molecule has 0 saturated heterocycles. The largest absolute Gasteiger partial charge is 0.488 e. The Kier molecular flexibility index (Phi) is 15.0. The van der Waals surface area contributed by atoms with E-state index >= 15 is 0 Å². The van der Waals surface area contributed by atoms with Crippen molar-refractivity contribution >= 4 is 45.4 Å². The second kappa shape index (κ2) is 19.1. The minimum atomic E-state index is -1.00. The zero-order chi connectivity index (χ0) is 36.7. The number of azo groups is 1. The fourth-order valence-electron chi connectivity index (χ4n) is 4.93. The van der Waals surface area contributed by atoms with Gasteiger partial charge in [-0.3, -0.25) is 4.79 Å². The van der Waals surface area contributed by atoms with Gasteiger partial charge in [-0.1, -0.05) is 32.8 Å². The monoisotopic (exact) mass is 701 g/mol. The first-order valence-electron chi connectivity index (χ1n) is 16.4. The quantitative estimate of drug-likeness (QED) is 0.0811. The lowest BCUT2D eigenvalue weighted by Crippen LogP contribution is -2.29. The van der Waals surface area contributed by atoms with Crippen molar-refractivity contribution in [2.45, 2.75) is 65.9 Å². The maximum absolute atomic E-state index is 12.1. The molecule has 0 saturated carbocycles. The molecule has 50 heavy (non-hydrogen) atoms. The molecule has 0 spiro atoms. The smallest absolute Gasteiger partial charge is 0.221 e. The number of ether oxygens (including phenoxy) is 3. The predicted octanol–water partition coefficient (Wildman–Crippen LogP) is 7.21. The summed E-state index contributed by atoms with van der Waals surface area (Å²) < 4.78 is 18.4. The van der Waals surface area contributed by atoms with Crippen LogP contribution in [0.25, 0.3) is 6.08 Å². The normalized spacial score (nSPS) is 13.6. The van der Waals surface area contributed by atoms with Gasteiger partial charge >= 0.3 is 0 Å². The number of rotatable bonds is 18. The van der Waals surface area contributed by atoms with E-state index in [4.69, 9.17) is 14.2 Å². The average molecular weight is 702 g/mol. The molecule has 0 aliphatic carbocycles. The molecule has 264 valence electrons. The van der Waals surface area contributed by atoms with Crippen molar-refractivity contribution in [3.63, 3.8) is 0 Å². The number of thiophene rings is 1. The van der Waals surface area contributed by atoms with Crippen molar-refractivity contribution < 1.29 is 29.2 Å². The summed E-state index contributed by atoms with van der Waals surface area (Å²) in [6, 6.07) is 10.9. The average Bonchev–Trinajstić information content (AvgIpc) is 3.55. The van der Waals surface area contributed by atoms with Crippen molar-refractivity contribution in [2.24, 2.45) is 10.2 Å². The number of allylic oxidation sites excluding steroid dienone is 2. The van der Waals surface area contributed by atoms with E-state index in [1.54, 1.807) is 61.2 Å². The summed E-state index contributed by atoms with van der Waals surface area (Å²) in [5.41, 5.74) is 0.728. The van der Waals surface area contributed by atoms with Crippen LogP contribution in [0.5, 0.6) is 11.5 Å². The van der Waals surface area contributed by atoms with Crippen molar-refractivity contribution in [1.82, 2.24) is 0 Å². The summed E-state index contributed by atoms with van der Waals surface area (Å²) in [7, 11) is 0. The maximum atomic E-state index is 12.1. The summed E-state index contributed by atoms with van der Waals surface area (Å²) in [5, 5.41) is 60.2. The number of nitrogens with zero attached hydrogens (tertiary/aromatic N) is 6. The van der Waals surface area contributed by atoms with Crippen LogP contribution in [0.4, 0.5) is 22.1 Å². The van der Waals surface area contributed by atoms with Crippen molar-refractivity contribution in [3.05, 3.63) is 51.6 Å². The Morgan fingerprint density at radius 2 is 1.66 bits per heavy atom. The Balaban J connectivity index is 2.19. The molecule has 14 heteroatoms. The third-order valence-corrected chi connectivity index (χ3v) is 8.43. The van der Waals surface area contributed by atoms with Gasteiger partial charge in [-0.2, -0.15) is 15.8 Å². The second-order valence-electron chi connectivity index (χ2n) is 11.6. The van der Waals surface area contributed by atoms with Crippen LogP contribution in [0.15, 0.2) is 57.0 Å². The molecule has 1 aliphatic rings. The molecule has 3 rings (SSSR count). The van der Waals surface area contributed by atoms with E-state index in [0.717, 1.165) is 25.7 Å². The van der Waals surface area contributed by atoms with Gasteiger partial charge in [0.15, 0.2) is 22.1 Å². The van der Waals surface area contributed by atoms with E-state index in [1.807, 2.05) is 0 Å². The minimum Gasteiger partial charge on any atom is -0.488 e. The van der Waals surface area contributed by atoms with E-state index < -0.39 is 5.60 Å². The zero-order valence-electron chi connectivity index (χ0n) is 29.1. The van der Waals surface area contributed by atoms with Crippen LogP contribution in [0.2, 0.25) is 0 Å². The Hall–Kier alpha value is -5.20. The Labute approximate surface area is 297 Å². The third kappa shape index (κ3) is 9.93. The van der Waals surface area contributed by atoms with Gasteiger partial charge in [0.05, 0.1) is 37.0 Å². The highest BCUT2D eigenvalue weighted by molar-refractivity contribution is 7.17. The molecule has 1 aromatic carbocycles. The van der Waals surface area contributed by atoms with E-state index in [9.17, 15) is 30.8 Å². The van der Waals surface area contributed by atoms with Gasteiger partial charge in [0.2, 0.25) is 11.7 Å². The van der Waals surface area contributed by atoms with Crippen molar-refractivity contribution in [2.75, 3.05) is 49.7 Å². The van der Waals surface area contributed by atoms with E-state index in [-0.39, 0.29) is 49.1 Å². The molecule has 3 N–H and O–H groups in total. The van der Waals surface area contributed by atoms with Crippen molar-refractivity contribution in [3.8, 4) is 29.7 Å². The van der Waals surface area contributed by atoms with Crippen LogP contribution in [-0.4, -0.2) is 61.2 Å². The number of aliphatic hydroxyl groups excluding tert-OH is 2. The number of unbranched alkanes of at least 4 members (excludes halogenated alkanes) is 2. The summed E-state index contributed by atoms with van der Waals surface area (Å²) >= 11 is 1.26. The van der Waals surface area contributed by atoms with Crippen LogP contribution in [-0.2, 0) is 9.53 Å². The number of nitrogens with one attached hydrogen (secondary N) is 1. The Morgan fingerprint density at radius 1 is 1.02 bits per heavy atom. The number of amides is 1. The topological polar surface area (TPSA) is 197 Å². The van der Waals surface area contributed by atoms with Gasteiger partial charge in [0, 0.05) is 31.3 Å². The maximum Gasteiger partial charge on any atom is 0.221 e. The summed E-state index contributed by atoms with van der Waals surface area (Å²) in [5.74, 6) is 0.508.